The van der Waals surface area contributed by atoms with Crippen LogP contribution in [0.2, 0.25) is 0 Å². The van der Waals surface area contributed by atoms with E-state index in [0.717, 1.165) is 6.42 Å². The molecule has 1 aliphatic heterocycles. The Hall–Kier alpha value is -0.120. The first kappa shape index (κ1) is 18.9. The highest BCUT2D eigenvalue weighted by Crippen LogP contribution is 2.30. The van der Waals surface area contributed by atoms with E-state index in [9.17, 15) is 5.11 Å². The molecule has 1 saturated heterocycles. The van der Waals surface area contributed by atoms with Gasteiger partial charge in [0.15, 0.2) is 5.79 Å². The van der Waals surface area contributed by atoms with Gasteiger partial charge in [0.1, 0.15) is 6.10 Å². The molecule has 0 unspecified atom stereocenters. The summed E-state index contributed by atoms with van der Waals surface area (Å²) in [6.07, 6.45) is 14.4. The van der Waals surface area contributed by atoms with Gasteiger partial charge in [-0.15, -0.1) is 0 Å². The zero-order valence-corrected chi connectivity index (χ0v) is 14.4. The highest BCUT2D eigenvalue weighted by Gasteiger charge is 2.40. The minimum atomic E-state index is -0.531. The smallest absolute Gasteiger partial charge is 0.163 e. The van der Waals surface area contributed by atoms with Crippen molar-refractivity contribution >= 4 is 0 Å². The van der Waals surface area contributed by atoms with Crippen LogP contribution in [0.1, 0.15) is 91.4 Å². The van der Waals surface area contributed by atoms with Crippen molar-refractivity contribution in [3.63, 3.8) is 0 Å². The number of hydrogen-bond donors (Lipinski definition) is 1. The van der Waals surface area contributed by atoms with Crippen LogP contribution in [0.5, 0.6) is 0 Å². The van der Waals surface area contributed by atoms with E-state index in [0.29, 0.717) is 0 Å². The van der Waals surface area contributed by atoms with Gasteiger partial charge >= 0.3 is 0 Å². The maximum Gasteiger partial charge on any atom is 0.163 e. The van der Waals surface area contributed by atoms with Crippen molar-refractivity contribution in [2.75, 3.05) is 6.61 Å². The second kappa shape index (κ2) is 10.6. The fourth-order valence-electron chi connectivity index (χ4n) is 3.14. The Kier molecular flexibility index (Phi) is 9.54. The average molecular weight is 300 g/mol. The lowest BCUT2D eigenvalue weighted by atomic mass is 10.0. The van der Waals surface area contributed by atoms with Crippen LogP contribution in [0.25, 0.3) is 0 Å². The lowest BCUT2D eigenvalue weighted by Gasteiger charge is -2.16. The van der Waals surface area contributed by atoms with E-state index in [1.54, 1.807) is 0 Å². The molecule has 1 aliphatic rings. The Morgan fingerprint density at radius 3 is 1.76 bits per heavy atom. The fourth-order valence-corrected chi connectivity index (χ4v) is 3.14. The minimum absolute atomic E-state index is 0.0614. The Balaban J connectivity index is 1.94. The summed E-state index contributed by atoms with van der Waals surface area (Å²) in [5, 5.41) is 9.33. The van der Waals surface area contributed by atoms with E-state index in [1.165, 1.54) is 64.2 Å². The van der Waals surface area contributed by atoms with Gasteiger partial charge in [-0.1, -0.05) is 71.1 Å². The summed E-state index contributed by atoms with van der Waals surface area (Å²) in [4.78, 5) is 0. The van der Waals surface area contributed by atoms with Crippen molar-refractivity contribution < 1.29 is 14.6 Å². The number of aliphatic hydroxyl groups is 1. The molecule has 0 saturated carbocycles. The predicted octanol–water partition coefficient (Wildman–Crippen LogP) is 4.81. The van der Waals surface area contributed by atoms with Crippen LogP contribution in [0.4, 0.5) is 0 Å². The number of ether oxygens (including phenoxy) is 2. The molecule has 1 heterocycles. The third-order valence-electron chi connectivity index (χ3n) is 4.31. The van der Waals surface area contributed by atoms with Gasteiger partial charge in [0.05, 0.1) is 12.7 Å². The predicted molar refractivity (Wildman–Crippen MR) is 87.4 cm³/mol. The first-order chi connectivity index (χ1) is 10.1. The second-order valence-electron chi connectivity index (χ2n) is 6.87. The van der Waals surface area contributed by atoms with E-state index in [4.69, 9.17) is 9.47 Å². The number of aliphatic hydroxyl groups excluding tert-OH is 1. The molecule has 0 aromatic rings. The molecule has 3 heteroatoms. The summed E-state index contributed by atoms with van der Waals surface area (Å²) in [7, 11) is 0. The van der Waals surface area contributed by atoms with Gasteiger partial charge in [-0.05, 0) is 20.3 Å². The zero-order chi connectivity index (χ0) is 15.6. The lowest BCUT2D eigenvalue weighted by Crippen LogP contribution is -2.26. The summed E-state index contributed by atoms with van der Waals surface area (Å²) in [6, 6.07) is 0. The van der Waals surface area contributed by atoms with E-state index in [1.807, 2.05) is 13.8 Å². The summed E-state index contributed by atoms with van der Waals surface area (Å²) in [5.41, 5.74) is 0. The maximum atomic E-state index is 9.33. The number of rotatable bonds is 12. The summed E-state index contributed by atoms with van der Waals surface area (Å²) in [6.45, 7) is 6.18. The molecule has 0 bridgehead atoms. The monoisotopic (exact) mass is 300 g/mol. The van der Waals surface area contributed by atoms with Crippen molar-refractivity contribution in [1.82, 2.24) is 0 Å². The number of hydrogen-bond acceptors (Lipinski definition) is 3. The molecule has 0 amide bonds. The van der Waals surface area contributed by atoms with E-state index < -0.39 is 5.79 Å². The van der Waals surface area contributed by atoms with Crippen LogP contribution in [0.3, 0.4) is 0 Å². The Morgan fingerprint density at radius 2 is 1.24 bits per heavy atom. The van der Waals surface area contributed by atoms with E-state index in [-0.39, 0.29) is 18.8 Å². The number of unbranched alkanes of at least 4 members (excludes halogenated alkanes) is 9. The summed E-state index contributed by atoms with van der Waals surface area (Å²) < 4.78 is 11.5. The first-order valence-electron chi connectivity index (χ1n) is 9.05. The Morgan fingerprint density at radius 1 is 0.762 bits per heavy atom. The first-order valence-corrected chi connectivity index (χ1v) is 9.05. The second-order valence-corrected chi connectivity index (χ2v) is 6.87. The topological polar surface area (TPSA) is 38.7 Å². The molecule has 126 valence electrons. The molecule has 0 aromatic heterocycles. The highest BCUT2D eigenvalue weighted by molar-refractivity contribution is 4.80. The minimum Gasteiger partial charge on any atom is -0.394 e. The standard InChI is InChI=1S/C18H36O3/c1-4-5-6-7-8-9-10-11-12-13-14-16-17(15-19)21-18(2,3)20-16/h16-17,19H,4-15H2,1-3H3/t16-,17-/m1/s1. The molecule has 2 atom stereocenters. The van der Waals surface area contributed by atoms with Gasteiger partial charge in [0, 0.05) is 0 Å². The molecule has 0 spiro atoms. The molecular formula is C18H36O3. The summed E-state index contributed by atoms with van der Waals surface area (Å²) in [5.74, 6) is -0.531. The summed E-state index contributed by atoms with van der Waals surface area (Å²) >= 11 is 0. The van der Waals surface area contributed by atoms with Crippen LogP contribution < -0.4 is 0 Å². The van der Waals surface area contributed by atoms with Crippen LogP contribution in [0.15, 0.2) is 0 Å². The Labute approximate surface area is 131 Å². The van der Waals surface area contributed by atoms with Crippen molar-refractivity contribution in [2.45, 2.75) is 109 Å². The molecule has 0 aromatic carbocycles. The van der Waals surface area contributed by atoms with Gasteiger partial charge in [-0.2, -0.15) is 0 Å². The van der Waals surface area contributed by atoms with Crippen molar-refractivity contribution in [1.29, 1.82) is 0 Å². The van der Waals surface area contributed by atoms with Gasteiger partial charge < -0.3 is 14.6 Å². The van der Waals surface area contributed by atoms with Crippen LogP contribution in [-0.2, 0) is 9.47 Å². The maximum absolute atomic E-state index is 9.33. The SMILES string of the molecule is CCCCCCCCCCCC[C@H]1OC(C)(C)O[C@@H]1CO. The molecule has 1 fully saturated rings. The molecule has 3 nitrogen and oxygen atoms in total. The molecular weight excluding hydrogens is 264 g/mol. The van der Waals surface area contributed by atoms with Crippen molar-refractivity contribution in [2.24, 2.45) is 0 Å². The highest BCUT2D eigenvalue weighted by atomic mass is 16.8. The largest absolute Gasteiger partial charge is 0.394 e. The molecule has 21 heavy (non-hydrogen) atoms. The van der Waals surface area contributed by atoms with Gasteiger partial charge in [0.25, 0.3) is 0 Å². The van der Waals surface area contributed by atoms with Gasteiger partial charge in [-0.3, -0.25) is 0 Å². The normalized spacial score (nSPS) is 24.6. The van der Waals surface area contributed by atoms with Crippen LogP contribution in [-0.4, -0.2) is 29.7 Å². The molecule has 1 rings (SSSR count). The van der Waals surface area contributed by atoms with Crippen molar-refractivity contribution in [3.05, 3.63) is 0 Å². The van der Waals surface area contributed by atoms with E-state index in [2.05, 4.69) is 6.92 Å². The molecule has 0 aliphatic carbocycles. The zero-order valence-electron chi connectivity index (χ0n) is 14.4. The Bertz CT molecular complexity index is 253. The third-order valence-corrected chi connectivity index (χ3v) is 4.31. The third kappa shape index (κ3) is 8.18. The van der Waals surface area contributed by atoms with Crippen LogP contribution in [0, 0.1) is 0 Å². The molecule has 1 N–H and O–H groups in total. The average Bonchev–Trinajstić information content (AvgIpc) is 2.75. The molecule has 0 radical (unpaired) electrons. The van der Waals surface area contributed by atoms with Crippen molar-refractivity contribution in [3.8, 4) is 0 Å². The lowest BCUT2D eigenvalue weighted by molar-refractivity contribution is -0.149. The quantitative estimate of drug-likeness (QED) is 0.526. The van der Waals surface area contributed by atoms with E-state index >= 15 is 0 Å². The fraction of sp³-hybridized carbons (Fsp3) is 1.00. The van der Waals surface area contributed by atoms with Gasteiger partial charge in [0.2, 0.25) is 0 Å². The van der Waals surface area contributed by atoms with Gasteiger partial charge in [-0.25, -0.2) is 0 Å². The van der Waals surface area contributed by atoms with Crippen LogP contribution >= 0.6 is 0 Å².